The van der Waals surface area contributed by atoms with Gasteiger partial charge in [0.15, 0.2) is 18.4 Å². The molecule has 0 aliphatic heterocycles. The van der Waals surface area contributed by atoms with Crippen LogP contribution in [0.4, 0.5) is 0 Å². The van der Waals surface area contributed by atoms with E-state index in [0.717, 1.165) is 0 Å². The number of rotatable bonds is 5. The van der Waals surface area contributed by atoms with Gasteiger partial charge in [-0.1, -0.05) is 36.4 Å². The van der Waals surface area contributed by atoms with E-state index < -0.39 is 11.8 Å². The topological polar surface area (TPSA) is 88.5 Å². The van der Waals surface area contributed by atoms with Crippen molar-refractivity contribution in [1.29, 1.82) is 0 Å². The molecule has 0 heterocycles. The highest BCUT2D eigenvalue weighted by Gasteiger charge is 2.20. The largest absolute Gasteiger partial charge is 0.478 e. The molecule has 2 aromatic rings. The van der Waals surface area contributed by atoms with Crippen molar-refractivity contribution in [2.24, 2.45) is 0 Å². The molecular formula is C16H10O5. The predicted octanol–water partition coefficient (Wildman–Crippen LogP) is 2.24. The van der Waals surface area contributed by atoms with Crippen molar-refractivity contribution in [3.63, 3.8) is 0 Å². The molecule has 0 unspecified atom stereocenters. The van der Waals surface area contributed by atoms with Gasteiger partial charge in [0.25, 0.3) is 0 Å². The minimum absolute atomic E-state index is 0.00306. The van der Waals surface area contributed by atoms with E-state index in [2.05, 4.69) is 0 Å². The molecule has 2 aromatic carbocycles. The van der Waals surface area contributed by atoms with Crippen LogP contribution in [0.3, 0.4) is 0 Å². The number of aromatic carboxylic acids is 1. The maximum atomic E-state index is 12.5. The fourth-order valence-electron chi connectivity index (χ4n) is 2.03. The molecule has 0 amide bonds. The second-order valence-corrected chi connectivity index (χ2v) is 4.22. The Morgan fingerprint density at radius 2 is 1.43 bits per heavy atom. The zero-order valence-electron chi connectivity index (χ0n) is 10.8. The standard InChI is InChI=1S/C16H10O5/c17-8-10-4-3-7-12(14(10)9-18)15(19)11-5-1-2-6-13(11)16(20)21/h1-9H,(H,20,21). The summed E-state index contributed by atoms with van der Waals surface area (Å²) in [5.41, 5.74) is -0.142. The van der Waals surface area contributed by atoms with E-state index in [1.54, 1.807) is 0 Å². The Morgan fingerprint density at radius 3 is 2.00 bits per heavy atom. The van der Waals surface area contributed by atoms with Crippen LogP contribution in [0.15, 0.2) is 42.5 Å². The van der Waals surface area contributed by atoms with E-state index in [1.165, 1.54) is 42.5 Å². The summed E-state index contributed by atoms with van der Waals surface area (Å²) in [5, 5.41) is 9.11. The molecule has 0 atom stereocenters. The SMILES string of the molecule is O=Cc1cccc(C(=O)c2ccccc2C(=O)O)c1C=O. The lowest BCUT2D eigenvalue weighted by Gasteiger charge is -2.08. The van der Waals surface area contributed by atoms with E-state index in [9.17, 15) is 19.2 Å². The molecular weight excluding hydrogens is 272 g/mol. The van der Waals surface area contributed by atoms with Crippen LogP contribution in [0.5, 0.6) is 0 Å². The van der Waals surface area contributed by atoms with Gasteiger partial charge in [0.1, 0.15) is 0 Å². The first kappa shape index (κ1) is 14.3. The molecule has 0 aliphatic carbocycles. The maximum absolute atomic E-state index is 12.5. The van der Waals surface area contributed by atoms with Crippen molar-refractivity contribution in [1.82, 2.24) is 0 Å². The Morgan fingerprint density at radius 1 is 0.810 bits per heavy atom. The van der Waals surface area contributed by atoms with E-state index in [1.807, 2.05) is 0 Å². The normalized spacial score (nSPS) is 9.90. The fourth-order valence-corrected chi connectivity index (χ4v) is 2.03. The molecule has 1 N–H and O–H groups in total. The highest BCUT2D eigenvalue weighted by Crippen LogP contribution is 2.19. The number of benzene rings is 2. The molecule has 0 spiro atoms. The summed E-state index contributed by atoms with van der Waals surface area (Å²) in [6.07, 6.45) is 0.893. The highest BCUT2D eigenvalue weighted by atomic mass is 16.4. The summed E-state index contributed by atoms with van der Waals surface area (Å²) in [4.78, 5) is 45.7. The van der Waals surface area contributed by atoms with Gasteiger partial charge in [-0.25, -0.2) is 4.79 Å². The van der Waals surface area contributed by atoms with Gasteiger partial charge in [-0.2, -0.15) is 0 Å². The minimum Gasteiger partial charge on any atom is -0.478 e. The Hall–Kier alpha value is -3.08. The third-order valence-electron chi connectivity index (χ3n) is 3.03. The molecule has 0 bridgehead atoms. The second-order valence-electron chi connectivity index (χ2n) is 4.22. The summed E-state index contributed by atoms with van der Waals surface area (Å²) in [6, 6.07) is 9.97. The first-order chi connectivity index (χ1) is 10.1. The zero-order valence-corrected chi connectivity index (χ0v) is 10.8. The summed E-state index contributed by atoms with van der Waals surface area (Å²) in [5.74, 6) is -1.85. The number of hydrogen-bond donors (Lipinski definition) is 1. The Labute approximate surface area is 119 Å². The lowest BCUT2D eigenvalue weighted by Crippen LogP contribution is -2.12. The van der Waals surface area contributed by atoms with E-state index in [4.69, 9.17) is 5.11 Å². The lowest BCUT2D eigenvalue weighted by molar-refractivity contribution is 0.0692. The van der Waals surface area contributed by atoms with Gasteiger partial charge in [-0.05, 0) is 6.07 Å². The average molecular weight is 282 g/mol. The van der Waals surface area contributed by atoms with Crippen LogP contribution in [0.2, 0.25) is 0 Å². The van der Waals surface area contributed by atoms with Crippen LogP contribution >= 0.6 is 0 Å². The van der Waals surface area contributed by atoms with Crippen LogP contribution in [0, 0.1) is 0 Å². The number of carbonyl (C=O) groups is 4. The zero-order chi connectivity index (χ0) is 15.4. The monoisotopic (exact) mass is 282 g/mol. The second kappa shape index (κ2) is 5.92. The van der Waals surface area contributed by atoms with Crippen LogP contribution in [-0.2, 0) is 0 Å². The van der Waals surface area contributed by atoms with Crippen molar-refractivity contribution in [3.8, 4) is 0 Å². The van der Waals surface area contributed by atoms with Gasteiger partial charge >= 0.3 is 5.97 Å². The summed E-state index contributed by atoms with van der Waals surface area (Å²) in [7, 11) is 0. The van der Waals surface area contributed by atoms with Crippen LogP contribution in [-0.4, -0.2) is 29.4 Å². The molecule has 5 nitrogen and oxygen atoms in total. The van der Waals surface area contributed by atoms with E-state index in [-0.39, 0.29) is 27.8 Å². The molecule has 2 rings (SSSR count). The van der Waals surface area contributed by atoms with Gasteiger partial charge in [0.2, 0.25) is 0 Å². The van der Waals surface area contributed by atoms with E-state index in [0.29, 0.717) is 12.6 Å². The number of carboxylic acids is 1. The number of ketones is 1. The van der Waals surface area contributed by atoms with Crippen molar-refractivity contribution in [3.05, 3.63) is 70.3 Å². The number of carbonyl (C=O) groups excluding carboxylic acids is 3. The molecule has 0 aliphatic rings. The first-order valence-electron chi connectivity index (χ1n) is 6.00. The minimum atomic E-state index is -1.24. The van der Waals surface area contributed by atoms with Crippen LogP contribution in [0.1, 0.15) is 47.0 Å². The summed E-state index contributed by atoms with van der Waals surface area (Å²) >= 11 is 0. The summed E-state index contributed by atoms with van der Waals surface area (Å²) in [6.45, 7) is 0. The third-order valence-corrected chi connectivity index (χ3v) is 3.03. The van der Waals surface area contributed by atoms with Crippen molar-refractivity contribution in [2.75, 3.05) is 0 Å². The van der Waals surface area contributed by atoms with Crippen molar-refractivity contribution < 1.29 is 24.3 Å². The summed E-state index contributed by atoms with van der Waals surface area (Å²) < 4.78 is 0. The van der Waals surface area contributed by atoms with Crippen LogP contribution < -0.4 is 0 Å². The molecule has 21 heavy (non-hydrogen) atoms. The highest BCUT2D eigenvalue weighted by molar-refractivity contribution is 6.17. The molecule has 0 saturated heterocycles. The Balaban J connectivity index is 2.64. The van der Waals surface area contributed by atoms with Crippen molar-refractivity contribution in [2.45, 2.75) is 0 Å². The quantitative estimate of drug-likeness (QED) is 0.671. The first-order valence-corrected chi connectivity index (χ1v) is 6.00. The third kappa shape index (κ3) is 2.62. The number of aldehydes is 2. The molecule has 0 saturated carbocycles. The number of carboxylic acid groups (broad SMARTS) is 1. The molecule has 5 heteroatoms. The Bertz CT molecular complexity index is 746. The Kier molecular flexibility index (Phi) is 4.04. The van der Waals surface area contributed by atoms with Gasteiger partial charge in [-0.3, -0.25) is 14.4 Å². The number of hydrogen-bond acceptors (Lipinski definition) is 4. The van der Waals surface area contributed by atoms with E-state index >= 15 is 0 Å². The molecule has 0 radical (unpaired) electrons. The molecule has 0 fully saturated rings. The van der Waals surface area contributed by atoms with Gasteiger partial charge in [0.05, 0.1) is 5.56 Å². The van der Waals surface area contributed by atoms with Gasteiger partial charge in [0, 0.05) is 22.3 Å². The predicted molar refractivity (Wildman–Crippen MR) is 74.1 cm³/mol. The van der Waals surface area contributed by atoms with Gasteiger partial charge in [-0.15, -0.1) is 0 Å². The van der Waals surface area contributed by atoms with Crippen LogP contribution in [0.25, 0.3) is 0 Å². The molecule has 104 valence electrons. The van der Waals surface area contributed by atoms with Crippen molar-refractivity contribution >= 4 is 24.3 Å². The maximum Gasteiger partial charge on any atom is 0.336 e. The van der Waals surface area contributed by atoms with Gasteiger partial charge < -0.3 is 5.11 Å². The lowest BCUT2D eigenvalue weighted by atomic mass is 9.93. The smallest absolute Gasteiger partial charge is 0.336 e. The average Bonchev–Trinajstić information content (AvgIpc) is 2.53. The fraction of sp³-hybridized carbons (Fsp3) is 0. The molecule has 0 aromatic heterocycles.